The first-order valence-electron chi connectivity index (χ1n) is 8.12. The normalized spacial score (nSPS) is 12.5. The van der Waals surface area contributed by atoms with E-state index in [1.165, 1.54) is 0 Å². The number of fused-ring (bicyclic) bond motifs is 1. The highest BCUT2D eigenvalue weighted by molar-refractivity contribution is 6.30. The molecule has 0 fully saturated rings. The Kier molecular flexibility index (Phi) is 5.36. The van der Waals surface area contributed by atoms with E-state index in [-0.39, 0.29) is 11.6 Å². The summed E-state index contributed by atoms with van der Waals surface area (Å²) in [5.74, 6) is 1.43. The molecule has 0 saturated heterocycles. The van der Waals surface area contributed by atoms with Gasteiger partial charge < -0.3 is 9.72 Å². The lowest BCUT2D eigenvalue weighted by molar-refractivity contribution is 0.196. The van der Waals surface area contributed by atoms with Crippen LogP contribution in [0.4, 0.5) is 0 Å². The minimum Gasteiger partial charge on any atom is -0.492 e. The lowest BCUT2D eigenvalue weighted by atomic mass is 10.2. The molecule has 0 saturated carbocycles. The fourth-order valence-electron chi connectivity index (χ4n) is 2.54. The zero-order valence-electron chi connectivity index (χ0n) is 14.2. The molecule has 130 valence electrons. The quantitative estimate of drug-likeness (QED) is 0.731. The van der Waals surface area contributed by atoms with Gasteiger partial charge >= 0.3 is 0 Å². The van der Waals surface area contributed by atoms with Gasteiger partial charge in [0, 0.05) is 11.6 Å². The van der Waals surface area contributed by atoms with Gasteiger partial charge in [-0.3, -0.25) is 9.69 Å². The third-order valence-corrected chi connectivity index (χ3v) is 4.47. The molecule has 25 heavy (non-hydrogen) atoms. The summed E-state index contributed by atoms with van der Waals surface area (Å²) in [6, 6.07) is 14.6. The predicted octanol–water partition coefficient (Wildman–Crippen LogP) is 3.65. The summed E-state index contributed by atoms with van der Waals surface area (Å²) in [6.07, 6.45) is 0. The second-order valence-electron chi connectivity index (χ2n) is 5.93. The van der Waals surface area contributed by atoms with Crippen molar-refractivity contribution in [2.45, 2.75) is 13.0 Å². The van der Waals surface area contributed by atoms with Crippen molar-refractivity contribution in [3.63, 3.8) is 0 Å². The Morgan fingerprint density at radius 2 is 1.92 bits per heavy atom. The van der Waals surface area contributed by atoms with E-state index in [2.05, 4.69) is 14.9 Å². The van der Waals surface area contributed by atoms with Crippen LogP contribution in [0.2, 0.25) is 5.02 Å². The maximum Gasteiger partial charge on any atom is 0.258 e. The minimum atomic E-state index is -0.113. The van der Waals surface area contributed by atoms with E-state index in [1.54, 1.807) is 18.2 Å². The van der Waals surface area contributed by atoms with Gasteiger partial charge in [0.05, 0.1) is 16.9 Å². The summed E-state index contributed by atoms with van der Waals surface area (Å²) in [4.78, 5) is 21.8. The molecule has 0 spiro atoms. The molecule has 2 aromatic carbocycles. The Balaban J connectivity index is 1.64. The number of hydrogen-bond donors (Lipinski definition) is 1. The Hall–Kier alpha value is -2.37. The van der Waals surface area contributed by atoms with Gasteiger partial charge in [0.1, 0.15) is 18.2 Å². The lowest BCUT2D eigenvalue weighted by Crippen LogP contribution is -2.29. The second-order valence-corrected chi connectivity index (χ2v) is 6.36. The summed E-state index contributed by atoms with van der Waals surface area (Å²) in [6.45, 7) is 3.23. The second kappa shape index (κ2) is 7.68. The SMILES string of the molecule is C[C@@H](c1nc2ccccc2c(=O)[nH]1)N(C)CCOc1ccc(Cl)cc1. The number of para-hydroxylation sites is 1. The highest BCUT2D eigenvalue weighted by Gasteiger charge is 2.15. The number of aromatic amines is 1. The first-order valence-corrected chi connectivity index (χ1v) is 8.50. The minimum absolute atomic E-state index is 0.0360. The van der Waals surface area contributed by atoms with Crippen LogP contribution in [0.3, 0.4) is 0 Å². The largest absolute Gasteiger partial charge is 0.492 e. The molecule has 5 nitrogen and oxygen atoms in total. The van der Waals surface area contributed by atoms with E-state index in [1.807, 2.05) is 44.3 Å². The number of benzene rings is 2. The van der Waals surface area contributed by atoms with Gasteiger partial charge in [-0.1, -0.05) is 23.7 Å². The number of likely N-dealkylation sites (N-methyl/N-ethyl adjacent to an activating group) is 1. The predicted molar refractivity (Wildman–Crippen MR) is 100 cm³/mol. The molecule has 0 aliphatic rings. The van der Waals surface area contributed by atoms with E-state index in [9.17, 15) is 4.79 Å². The first kappa shape index (κ1) is 17.5. The molecule has 3 aromatic rings. The van der Waals surface area contributed by atoms with Crippen LogP contribution in [0.5, 0.6) is 5.75 Å². The highest BCUT2D eigenvalue weighted by atomic mass is 35.5. The molecule has 3 rings (SSSR count). The number of H-pyrrole nitrogens is 1. The van der Waals surface area contributed by atoms with Crippen molar-refractivity contribution in [2.75, 3.05) is 20.2 Å². The molecule has 0 amide bonds. The summed E-state index contributed by atoms with van der Waals surface area (Å²) in [7, 11) is 1.98. The van der Waals surface area contributed by atoms with Crippen molar-refractivity contribution in [1.29, 1.82) is 0 Å². The van der Waals surface area contributed by atoms with Gasteiger partial charge in [-0.15, -0.1) is 0 Å². The Morgan fingerprint density at radius 1 is 1.20 bits per heavy atom. The van der Waals surface area contributed by atoms with Crippen molar-refractivity contribution in [1.82, 2.24) is 14.9 Å². The van der Waals surface area contributed by atoms with Crippen molar-refractivity contribution in [3.8, 4) is 5.75 Å². The lowest BCUT2D eigenvalue weighted by Gasteiger charge is -2.24. The number of halogens is 1. The number of ether oxygens (including phenoxy) is 1. The Morgan fingerprint density at radius 3 is 2.68 bits per heavy atom. The van der Waals surface area contributed by atoms with Crippen LogP contribution in [0.25, 0.3) is 10.9 Å². The zero-order chi connectivity index (χ0) is 17.8. The monoisotopic (exact) mass is 357 g/mol. The average Bonchev–Trinajstić information content (AvgIpc) is 2.62. The first-order chi connectivity index (χ1) is 12.0. The summed E-state index contributed by atoms with van der Waals surface area (Å²) in [5, 5.41) is 1.29. The molecule has 1 heterocycles. The van der Waals surface area contributed by atoms with Gasteiger partial charge in [-0.25, -0.2) is 4.98 Å². The van der Waals surface area contributed by atoms with Gasteiger partial charge in [0.15, 0.2) is 0 Å². The topological polar surface area (TPSA) is 58.2 Å². The van der Waals surface area contributed by atoms with Crippen molar-refractivity contribution >= 4 is 22.5 Å². The van der Waals surface area contributed by atoms with E-state index >= 15 is 0 Å². The number of nitrogens with zero attached hydrogens (tertiary/aromatic N) is 2. The molecule has 0 bridgehead atoms. The number of rotatable bonds is 6. The smallest absolute Gasteiger partial charge is 0.258 e. The molecule has 1 atom stereocenters. The fraction of sp³-hybridized carbons (Fsp3) is 0.263. The molecule has 6 heteroatoms. The summed E-state index contributed by atoms with van der Waals surface area (Å²) < 4.78 is 5.72. The van der Waals surface area contributed by atoms with Crippen molar-refractivity contribution < 1.29 is 4.74 Å². The molecular weight excluding hydrogens is 338 g/mol. The van der Waals surface area contributed by atoms with E-state index in [0.717, 1.165) is 5.75 Å². The zero-order valence-corrected chi connectivity index (χ0v) is 15.0. The third kappa shape index (κ3) is 4.18. The van der Waals surface area contributed by atoms with Gasteiger partial charge in [0.25, 0.3) is 5.56 Å². The number of hydrogen-bond acceptors (Lipinski definition) is 4. The number of aromatic nitrogens is 2. The summed E-state index contributed by atoms with van der Waals surface area (Å²) in [5.41, 5.74) is 0.595. The van der Waals surface area contributed by atoms with Crippen LogP contribution in [-0.2, 0) is 0 Å². The fourth-order valence-corrected chi connectivity index (χ4v) is 2.67. The van der Waals surface area contributed by atoms with Gasteiger partial charge in [-0.2, -0.15) is 0 Å². The van der Waals surface area contributed by atoms with Crippen molar-refractivity contribution in [2.24, 2.45) is 0 Å². The summed E-state index contributed by atoms with van der Waals surface area (Å²) >= 11 is 5.86. The number of nitrogens with one attached hydrogen (secondary N) is 1. The van der Waals surface area contributed by atoms with Crippen LogP contribution in [0, 0.1) is 0 Å². The third-order valence-electron chi connectivity index (χ3n) is 4.21. The van der Waals surface area contributed by atoms with Crippen LogP contribution < -0.4 is 10.3 Å². The van der Waals surface area contributed by atoms with Gasteiger partial charge in [0.2, 0.25) is 0 Å². The Labute approximate surface area is 151 Å². The Bertz CT molecular complexity index is 908. The average molecular weight is 358 g/mol. The van der Waals surface area contributed by atoms with Crippen LogP contribution >= 0.6 is 11.6 Å². The standard InChI is InChI=1S/C19H20ClN3O2/c1-13(18-21-17-6-4-3-5-16(17)19(24)22-18)23(2)11-12-25-15-9-7-14(20)8-10-15/h3-10,13H,11-12H2,1-2H3,(H,21,22,24)/t13-/m0/s1. The molecule has 0 radical (unpaired) electrons. The molecule has 0 aliphatic carbocycles. The molecule has 1 N–H and O–H groups in total. The molecule has 1 aromatic heterocycles. The van der Waals surface area contributed by atoms with E-state index < -0.39 is 0 Å². The van der Waals surface area contributed by atoms with Gasteiger partial charge in [-0.05, 0) is 50.4 Å². The maximum atomic E-state index is 12.2. The molecule has 0 unspecified atom stereocenters. The van der Waals surface area contributed by atoms with Crippen LogP contribution in [-0.4, -0.2) is 35.1 Å². The van der Waals surface area contributed by atoms with E-state index in [4.69, 9.17) is 16.3 Å². The van der Waals surface area contributed by atoms with Crippen LogP contribution in [0.15, 0.2) is 53.3 Å². The van der Waals surface area contributed by atoms with Crippen LogP contribution in [0.1, 0.15) is 18.8 Å². The molecular formula is C19H20ClN3O2. The maximum absolute atomic E-state index is 12.2. The van der Waals surface area contributed by atoms with Crippen molar-refractivity contribution in [3.05, 3.63) is 69.7 Å². The molecule has 0 aliphatic heterocycles. The van der Waals surface area contributed by atoms with E-state index in [0.29, 0.717) is 34.9 Å². The highest BCUT2D eigenvalue weighted by Crippen LogP contribution is 2.17.